The van der Waals surface area contributed by atoms with E-state index >= 15 is 0 Å². The van der Waals surface area contributed by atoms with Crippen molar-refractivity contribution in [3.63, 3.8) is 0 Å². The van der Waals surface area contributed by atoms with Gasteiger partial charge < -0.3 is 5.73 Å². The fraction of sp³-hybridized carbons (Fsp3) is 0.455. The highest BCUT2D eigenvalue weighted by Gasteiger charge is 2.36. The number of nitrogens with two attached hydrogens (primary N) is 1. The van der Waals surface area contributed by atoms with Gasteiger partial charge in [0.2, 0.25) is 0 Å². The predicted molar refractivity (Wildman–Crippen MR) is 57.9 cm³/mol. The standard InChI is InChI=1S/C11H14FNS/c1-14-10-4-3-8(12)7-9(10)11(13)5-2-6-11/h3-4,7H,2,5-6,13H2,1H3. The van der Waals surface area contributed by atoms with Gasteiger partial charge in [0.25, 0.3) is 0 Å². The van der Waals surface area contributed by atoms with Gasteiger partial charge in [-0.15, -0.1) is 11.8 Å². The van der Waals surface area contributed by atoms with Crippen LogP contribution in [0.25, 0.3) is 0 Å². The normalized spacial score (nSPS) is 19.1. The number of hydrogen-bond donors (Lipinski definition) is 1. The Labute approximate surface area is 87.9 Å². The topological polar surface area (TPSA) is 26.0 Å². The second-order valence-corrected chi connectivity index (χ2v) is 4.70. The van der Waals surface area contributed by atoms with Crippen molar-refractivity contribution < 1.29 is 4.39 Å². The number of benzene rings is 1. The molecule has 1 aliphatic rings. The van der Waals surface area contributed by atoms with Gasteiger partial charge in [0.05, 0.1) is 0 Å². The Hall–Kier alpha value is -0.540. The Balaban J connectivity index is 2.43. The molecule has 0 bridgehead atoms. The van der Waals surface area contributed by atoms with Crippen LogP contribution in [-0.4, -0.2) is 6.26 Å². The molecule has 0 unspecified atom stereocenters. The van der Waals surface area contributed by atoms with Crippen molar-refractivity contribution in [3.8, 4) is 0 Å². The van der Waals surface area contributed by atoms with Gasteiger partial charge in [-0.1, -0.05) is 0 Å². The van der Waals surface area contributed by atoms with Gasteiger partial charge in [-0.05, 0) is 49.3 Å². The summed E-state index contributed by atoms with van der Waals surface area (Å²) in [7, 11) is 0. The van der Waals surface area contributed by atoms with Crippen LogP contribution in [0.15, 0.2) is 23.1 Å². The van der Waals surface area contributed by atoms with E-state index in [1.165, 1.54) is 6.07 Å². The molecule has 0 aliphatic heterocycles. The molecule has 3 heteroatoms. The van der Waals surface area contributed by atoms with Crippen LogP contribution in [0.2, 0.25) is 0 Å². The molecule has 76 valence electrons. The molecule has 0 radical (unpaired) electrons. The maximum atomic E-state index is 13.1. The third kappa shape index (κ3) is 1.55. The van der Waals surface area contributed by atoms with Crippen LogP contribution in [0.1, 0.15) is 24.8 Å². The van der Waals surface area contributed by atoms with Crippen LogP contribution in [0.4, 0.5) is 4.39 Å². The lowest BCUT2D eigenvalue weighted by molar-refractivity contribution is 0.248. The molecule has 0 aromatic heterocycles. The van der Waals surface area contributed by atoms with Gasteiger partial charge in [-0.2, -0.15) is 0 Å². The molecule has 1 aromatic rings. The van der Waals surface area contributed by atoms with Crippen molar-refractivity contribution in [1.82, 2.24) is 0 Å². The number of rotatable bonds is 2. The van der Waals surface area contributed by atoms with Crippen LogP contribution < -0.4 is 5.73 Å². The number of hydrogen-bond acceptors (Lipinski definition) is 2. The Kier molecular flexibility index (Phi) is 2.54. The summed E-state index contributed by atoms with van der Waals surface area (Å²) in [6.45, 7) is 0. The highest BCUT2D eigenvalue weighted by atomic mass is 32.2. The predicted octanol–water partition coefficient (Wildman–Crippen LogP) is 2.89. The van der Waals surface area contributed by atoms with Crippen LogP contribution >= 0.6 is 11.8 Å². The van der Waals surface area contributed by atoms with E-state index in [9.17, 15) is 4.39 Å². The summed E-state index contributed by atoms with van der Waals surface area (Å²) in [5.41, 5.74) is 6.91. The Morgan fingerprint density at radius 2 is 2.14 bits per heavy atom. The zero-order valence-electron chi connectivity index (χ0n) is 8.22. The van der Waals surface area contributed by atoms with E-state index in [1.54, 1.807) is 17.8 Å². The summed E-state index contributed by atoms with van der Waals surface area (Å²) >= 11 is 1.63. The van der Waals surface area contributed by atoms with Gasteiger partial charge in [0, 0.05) is 10.4 Å². The first kappa shape index (κ1) is 9.99. The van der Waals surface area contributed by atoms with Gasteiger partial charge in [0.15, 0.2) is 0 Å². The lowest BCUT2D eigenvalue weighted by Gasteiger charge is -2.39. The molecular weight excluding hydrogens is 197 g/mol. The molecule has 14 heavy (non-hydrogen) atoms. The van der Waals surface area contributed by atoms with E-state index in [4.69, 9.17) is 5.73 Å². The largest absolute Gasteiger partial charge is 0.321 e. The van der Waals surface area contributed by atoms with Crippen LogP contribution in [0.5, 0.6) is 0 Å². The van der Waals surface area contributed by atoms with Gasteiger partial charge in [-0.3, -0.25) is 0 Å². The van der Waals surface area contributed by atoms with Crippen molar-refractivity contribution in [2.75, 3.05) is 6.26 Å². The van der Waals surface area contributed by atoms with Crippen LogP contribution in [0, 0.1) is 5.82 Å². The lowest BCUT2D eigenvalue weighted by Crippen LogP contribution is -2.43. The highest BCUT2D eigenvalue weighted by Crippen LogP contribution is 2.42. The number of thioether (sulfide) groups is 1. The summed E-state index contributed by atoms with van der Waals surface area (Å²) in [6, 6.07) is 4.91. The molecule has 1 aliphatic carbocycles. The zero-order chi connectivity index (χ0) is 10.2. The van der Waals surface area contributed by atoms with Gasteiger partial charge >= 0.3 is 0 Å². The minimum absolute atomic E-state index is 0.186. The van der Waals surface area contributed by atoms with Crippen molar-refractivity contribution in [3.05, 3.63) is 29.6 Å². The third-order valence-corrected chi connectivity index (χ3v) is 3.74. The second kappa shape index (κ2) is 3.55. The molecule has 1 fully saturated rings. The molecule has 1 nitrogen and oxygen atoms in total. The Bertz CT molecular complexity index is 347. The molecule has 0 amide bonds. The van der Waals surface area contributed by atoms with Crippen LogP contribution in [0.3, 0.4) is 0 Å². The van der Waals surface area contributed by atoms with E-state index in [0.717, 1.165) is 29.7 Å². The van der Waals surface area contributed by atoms with Gasteiger partial charge in [0.1, 0.15) is 5.82 Å². The molecule has 1 saturated carbocycles. The molecule has 2 rings (SSSR count). The molecular formula is C11H14FNS. The Morgan fingerprint density at radius 3 is 2.64 bits per heavy atom. The Morgan fingerprint density at radius 1 is 1.43 bits per heavy atom. The lowest BCUT2D eigenvalue weighted by atomic mass is 9.73. The first-order valence-corrected chi connectivity index (χ1v) is 6.01. The third-order valence-electron chi connectivity index (χ3n) is 2.94. The summed E-state index contributed by atoms with van der Waals surface area (Å²) in [6.07, 6.45) is 5.10. The van der Waals surface area contributed by atoms with Crippen molar-refractivity contribution in [1.29, 1.82) is 0 Å². The minimum Gasteiger partial charge on any atom is -0.321 e. The summed E-state index contributed by atoms with van der Waals surface area (Å²) < 4.78 is 13.1. The first-order valence-electron chi connectivity index (χ1n) is 4.79. The first-order chi connectivity index (χ1) is 6.65. The average molecular weight is 211 g/mol. The molecule has 2 N–H and O–H groups in total. The summed E-state index contributed by atoms with van der Waals surface area (Å²) in [5, 5.41) is 0. The molecule has 0 atom stereocenters. The van der Waals surface area contributed by atoms with E-state index in [-0.39, 0.29) is 11.4 Å². The highest BCUT2D eigenvalue weighted by molar-refractivity contribution is 7.98. The van der Waals surface area contributed by atoms with E-state index < -0.39 is 0 Å². The fourth-order valence-corrected chi connectivity index (χ4v) is 2.58. The fourth-order valence-electron chi connectivity index (χ4n) is 1.90. The van der Waals surface area contributed by atoms with E-state index in [1.807, 2.05) is 12.3 Å². The SMILES string of the molecule is CSc1ccc(F)cc1C1(N)CCC1. The number of halogens is 1. The quantitative estimate of drug-likeness (QED) is 0.761. The smallest absolute Gasteiger partial charge is 0.123 e. The molecule has 0 heterocycles. The maximum Gasteiger partial charge on any atom is 0.123 e. The zero-order valence-corrected chi connectivity index (χ0v) is 9.03. The van der Waals surface area contributed by atoms with Gasteiger partial charge in [-0.25, -0.2) is 4.39 Å². The average Bonchev–Trinajstić information content (AvgIpc) is 2.14. The molecule has 1 aromatic carbocycles. The van der Waals surface area contributed by atoms with Crippen molar-refractivity contribution >= 4 is 11.8 Å². The summed E-state index contributed by atoms with van der Waals surface area (Å²) in [4.78, 5) is 1.11. The van der Waals surface area contributed by atoms with Crippen molar-refractivity contribution in [2.24, 2.45) is 5.73 Å². The maximum absolute atomic E-state index is 13.1. The second-order valence-electron chi connectivity index (χ2n) is 3.85. The van der Waals surface area contributed by atoms with Crippen molar-refractivity contribution in [2.45, 2.75) is 29.7 Å². The minimum atomic E-state index is -0.263. The summed E-state index contributed by atoms with van der Waals surface area (Å²) in [5.74, 6) is -0.186. The molecule has 0 spiro atoms. The van der Waals surface area contributed by atoms with Crippen LogP contribution in [-0.2, 0) is 5.54 Å². The monoisotopic (exact) mass is 211 g/mol. The molecule has 0 saturated heterocycles. The van der Waals surface area contributed by atoms with E-state index in [2.05, 4.69) is 0 Å². The van der Waals surface area contributed by atoms with E-state index in [0.29, 0.717) is 0 Å².